The van der Waals surface area contributed by atoms with Gasteiger partial charge in [-0.05, 0) is 29.8 Å². The van der Waals surface area contributed by atoms with Gasteiger partial charge in [-0.3, -0.25) is 0 Å². The third kappa shape index (κ3) is 3.28. The molecule has 21 heavy (non-hydrogen) atoms. The zero-order chi connectivity index (χ0) is 14.7. The number of hydrogen-bond acceptors (Lipinski definition) is 3. The highest BCUT2D eigenvalue weighted by Gasteiger charge is 2.04. The first kappa shape index (κ1) is 13.4. The molecular formula is C15H12F2N2O2. The Balaban J connectivity index is 1.63. The molecule has 108 valence electrons. The first-order valence-corrected chi connectivity index (χ1v) is 6.30. The number of benzene rings is 1. The van der Waals surface area contributed by atoms with Crippen molar-refractivity contribution in [1.82, 2.24) is 9.97 Å². The summed E-state index contributed by atoms with van der Waals surface area (Å²) in [7, 11) is 0. The van der Waals surface area contributed by atoms with E-state index >= 15 is 0 Å². The van der Waals surface area contributed by atoms with Crippen LogP contribution in [0.2, 0.25) is 0 Å². The molecule has 1 aromatic carbocycles. The van der Waals surface area contributed by atoms with Gasteiger partial charge in [0.05, 0.1) is 6.20 Å². The molecule has 6 heteroatoms. The second-order valence-corrected chi connectivity index (χ2v) is 4.40. The topological polar surface area (TPSA) is 47.1 Å². The second-order valence-electron chi connectivity index (χ2n) is 4.40. The summed E-state index contributed by atoms with van der Waals surface area (Å²) in [6.45, 7) is -2.49. The lowest BCUT2D eigenvalue weighted by Gasteiger charge is -2.08. The molecule has 0 fully saturated rings. The SMILES string of the molecule is FC(F)Oc1ccc(COc2cnc3[nH]ccc3c2)cc1. The Morgan fingerprint density at radius 2 is 1.90 bits per heavy atom. The molecule has 0 aliphatic rings. The van der Waals surface area contributed by atoms with Gasteiger partial charge >= 0.3 is 6.61 Å². The predicted molar refractivity (Wildman–Crippen MR) is 73.5 cm³/mol. The molecule has 2 aromatic heterocycles. The largest absolute Gasteiger partial charge is 0.487 e. The lowest BCUT2D eigenvalue weighted by molar-refractivity contribution is -0.0498. The minimum Gasteiger partial charge on any atom is -0.487 e. The Kier molecular flexibility index (Phi) is 3.68. The predicted octanol–water partition coefficient (Wildman–Crippen LogP) is 3.74. The molecule has 0 radical (unpaired) electrons. The first-order valence-electron chi connectivity index (χ1n) is 6.30. The second kappa shape index (κ2) is 5.78. The molecule has 0 unspecified atom stereocenters. The highest BCUT2D eigenvalue weighted by atomic mass is 19.3. The number of pyridine rings is 1. The van der Waals surface area contributed by atoms with Crippen molar-refractivity contribution in [2.45, 2.75) is 13.2 Å². The van der Waals surface area contributed by atoms with Crippen LogP contribution in [0.15, 0.2) is 48.8 Å². The Labute approximate surface area is 119 Å². The van der Waals surface area contributed by atoms with E-state index < -0.39 is 6.61 Å². The average Bonchev–Trinajstić information content (AvgIpc) is 2.93. The molecule has 0 aliphatic carbocycles. The van der Waals surface area contributed by atoms with Crippen LogP contribution in [0.3, 0.4) is 0 Å². The molecule has 0 saturated carbocycles. The third-order valence-electron chi connectivity index (χ3n) is 2.93. The first-order chi connectivity index (χ1) is 10.2. The maximum Gasteiger partial charge on any atom is 0.387 e. The Morgan fingerprint density at radius 3 is 2.67 bits per heavy atom. The quantitative estimate of drug-likeness (QED) is 0.778. The van der Waals surface area contributed by atoms with E-state index in [4.69, 9.17) is 4.74 Å². The minimum atomic E-state index is -2.81. The van der Waals surface area contributed by atoms with Gasteiger partial charge in [-0.25, -0.2) is 4.98 Å². The van der Waals surface area contributed by atoms with Crippen molar-refractivity contribution in [3.63, 3.8) is 0 Å². The average molecular weight is 290 g/mol. The van der Waals surface area contributed by atoms with Crippen LogP contribution >= 0.6 is 0 Å². The van der Waals surface area contributed by atoms with Crippen LogP contribution < -0.4 is 9.47 Å². The summed E-state index contributed by atoms with van der Waals surface area (Å²) in [4.78, 5) is 7.22. The van der Waals surface area contributed by atoms with Crippen LogP contribution in [0.25, 0.3) is 11.0 Å². The van der Waals surface area contributed by atoms with Crippen LogP contribution in [-0.2, 0) is 6.61 Å². The number of ether oxygens (including phenoxy) is 2. The van der Waals surface area contributed by atoms with Crippen molar-refractivity contribution in [1.29, 1.82) is 0 Å². The summed E-state index contributed by atoms with van der Waals surface area (Å²) < 4.78 is 34.0. The molecule has 0 saturated heterocycles. The van der Waals surface area contributed by atoms with Gasteiger partial charge < -0.3 is 14.5 Å². The fourth-order valence-electron chi connectivity index (χ4n) is 1.93. The van der Waals surface area contributed by atoms with E-state index in [1.807, 2.05) is 18.3 Å². The number of aromatic nitrogens is 2. The summed E-state index contributed by atoms with van der Waals surface area (Å²) >= 11 is 0. The number of H-pyrrole nitrogens is 1. The molecule has 3 rings (SSSR count). The van der Waals surface area contributed by atoms with Crippen LogP contribution in [-0.4, -0.2) is 16.6 Å². The zero-order valence-corrected chi connectivity index (χ0v) is 10.9. The van der Waals surface area contributed by atoms with Crippen LogP contribution in [0.5, 0.6) is 11.5 Å². The summed E-state index contributed by atoms with van der Waals surface area (Å²) in [5, 5.41) is 0.966. The molecule has 0 aliphatic heterocycles. The Morgan fingerprint density at radius 1 is 1.10 bits per heavy atom. The number of hydrogen-bond donors (Lipinski definition) is 1. The van der Waals surface area contributed by atoms with Crippen molar-refractivity contribution < 1.29 is 18.3 Å². The lowest BCUT2D eigenvalue weighted by Crippen LogP contribution is -2.02. The van der Waals surface area contributed by atoms with Crippen molar-refractivity contribution >= 4 is 11.0 Å². The summed E-state index contributed by atoms with van der Waals surface area (Å²) in [6.07, 6.45) is 3.44. The van der Waals surface area contributed by atoms with Gasteiger partial charge in [0.2, 0.25) is 0 Å². The highest BCUT2D eigenvalue weighted by Crippen LogP contribution is 2.19. The fraction of sp³-hybridized carbons (Fsp3) is 0.133. The number of halogens is 2. The number of alkyl halides is 2. The lowest BCUT2D eigenvalue weighted by atomic mass is 10.2. The molecule has 2 heterocycles. The number of fused-ring (bicyclic) bond motifs is 1. The van der Waals surface area contributed by atoms with E-state index in [1.165, 1.54) is 12.1 Å². The number of nitrogens with zero attached hydrogens (tertiary/aromatic N) is 1. The van der Waals surface area contributed by atoms with Crippen LogP contribution in [0, 0.1) is 0 Å². The van der Waals surface area contributed by atoms with E-state index in [9.17, 15) is 8.78 Å². The zero-order valence-electron chi connectivity index (χ0n) is 10.9. The normalized spacial score (nSPS) is 11.0. The van der Waals surface area contributed by atoms with Crippen molar-refractivity contribution in [3.8, 4) is 11.5 Å². The van der Waals surface area contributed by atoms with Gasteiger partial charge in [0.15, 0.2) is 0 Å². The molecule has 0 amide bonds. The fourth-order valence-corrected chi connectivity index (χ4v) is 1.93. The maximum absolute atomic E-state index is 12.0. The van der Waals surface area contributed by atoms with Gasteiger partial charge in [-0.1, -0.05) is 12.1 Å². The standard InChI is InChI=1S/C15H12F2N2O2/c16-15(17)21-12-3-1-10(2-4-12)9-20-13-7-11-5-6-18-14(11)19-8-13/h1-8,15H,9H2,(H,18,19). The van der Waals surface area contributed by atoms with E-state index in [-0.39, 0.29) is 5.75 Å². The van der Waals surface area contributed by atoms with Crippen LogP contribution in [0.4, 0.5) is 8.78 Å². The molecule has 1 N–H and O–H groups in total. The molecule has 0 bridgehead atoms. The third-order valence-corrected chi connectivity index (χ3v) is 2.93. The van der Waals surface area contributed by atoms with Crippen molar-refractivity contribution in [2.24, 2.45) is 0 Å². The van der Waals surface area contributed by atoms with Gasteiger partial charge in [-0.2, -0.15) is 8.78 Å². The molecule has 0 spiro atoms. The number of rotatable bonds is 5. The Bertz CT molecular complexity index is 726. The summed E-state index contributed by atoms with van der Waals surface area (Å²) in [5.74, 6) is 0.777. The van der Waals surface area contributed by atoms with Crippen LogP contribution in [0.1, 0.15) is 5.56 Å². The maximum atomic E-state index is 12.0. The molecule has 3 aromatic rings. The smallest absolute Gasteiger partial charge is 0.387 e. The molecular weight excluding hydrogens is 278 g/mol. The van der Waals surface area contributed by atoms with E-state index in [0.717, 1.165) is 16.6 Å². The van der Waals surface area contributed by atoms with Gasteiger partial charge in [0.1, 0.15) is 23.8 Å². The summed E-state index contributed by atoms with van der Waals surface area (Å²) in [6, 6.07) is 10.1. The van der Waals surface area contributed by atoms with E-state index in [0.29, 0.717) is 12.4 Å². The van der Waals surface area contributed by atoms with Gasteiger partial charge in [0.25, 0.3) is 0 Å². The summed E-state index contributed by atoms with van der Waals surface area (Å²) in [5.41, 5.74) is 1.65. The van der Waals surface area contributed by atoms with Gasteiger partial charge in [-0.15, -0.1) is 0 Å². The number of aromatic amines is 1. The van der Waals surface area contributed by atoms with Gasteiger partial charge in [0, 0.05) is 11.6 Å². The minimum absolute atomic E-state index is 0.129. The highest BCUT2D eigenvalue weighted by molar-refractivity contribution is 5.76. The van der Waals surface area contributed by atoms with E-state index in [2.05, 4.69) is 14.7 Å². The van der Waals surface area contributed by atoms with Crippen molar-refractivity contribution in [3.05, 3.63) is 54.4 Å². The van der Waals surface area contributed by atoms with Crippen molar-refractivity contribution in [2.75, 3.05) is 0 Å². The molecule has 0 atom stereocenters. The molecule has 4 nitrogen and oxygen atoms in total. The van der Waals surface area contributed by atoms with E-state index in [1.54, 1.807) is 18.3 Å². The Hall–Kier alpha value is -2.63. The monoisotopic (exact) mass is 290 g/mol. The number of nitrogens with one attached hydrogen (secondary N) is 1.